The van der Waals surface area contributed by atoms with Crippen molar-refractivity contribution in [3.05, 3.63) is 29.3 Å². The van der Waals surface area contributed by atoms with Crippen molar-refractivity contribution in [2.75, 3.05) is 0 Å². The molecule has 0 radical (unpaired) electrons. The van der Waals surface area contributed by atoms with Crippen molar-refractivity contribution in [1.29, 1.82) is 0 Å². The van der Waals surface area contributed by atoms with Gasteiger partial charge in [0.05, 0.1) is 5.71 Å². The lowest BCUT2D eigenvalue weighted by Crippen LogP contribution is -2.42. The molecule has 3 heteroatoms. The molecule has 0 spiro atoms. The number of hydrogen-bond acceptors (Lipinski definition) is 3. The predicted molar refractivity (Wildman–Crippen MR) is 81.9 cm³/mol. The number of benzene rings is 1. The van der Waals surface area contributed by atoms with E-state index in [0.29, 0.717) is 23.5 Å². The second-order valence-corrected chi connectivity index (χ2v) is 7.34. The first kappa shape index (κ1) is 13.2. The molecule has 2 saturated carbocycles. The van der Waals surface area contributed by atoms with Crippen molar-refractivity contribution in [3.63, 3.8) is 0 Å². The summed E-state index contributed by atoms with van der Waals surface area (Å²) < 4.78 is 0. The summed E-state index contributed by atoms with van der Waals surface area (Å²) in [6.45, 7) is 2.31. The highest BCUT2D eigenvalue weighted by molar-refractivity contribution is 5.92. The van der Waals surface area contributed by atoms with Gasteiger partial charge in [-0.05, 0) is 79.5 Å². The summed E-state index contributed by atoms with van der Waals surface area (Å²) in [5.74, 6) is 2.39. The third-order valence-corrected chi connectivity index (χ3v) is 6.57. The molecule has 0 bridgehead atoms. The zero-order valence-electron chi connectivity index (χ0n) is 12.5. The molecule has 0 saturated heterocycles. The number of phenolic OH excluding ortho intramolecular Hbond substituents is 1. The molecule has 1 aromatic carbocycles. The molecule has 0 heterocycles. The highest BCUT2D eigenvalue weighted by atomic mass is 16.4. The number of rotatable bonds is 0. The first-order chi connectivity index (χ1) is 10.1. The van der Waals surface area contributed by atoms with Crippen LogP contribution in [0.1, 0.15) is 56.1 Å². The van der Waals surface area contributed by atoms with Gasteiger partial charge in [0.25, 0.3) is 0 Å². The summed E-state index contributed by atoms with van der Waals surface area (Å²) >= 11 is 0. The van der Waals surface area contributed by atoms with Gasteiger partial charge >= 0.3 is 0 Å². The van der Waals surface area contributed by atoms with Crippen LogP contribution in [0.15, 0.2) is 23.4 Å². The number of nitrogens with zero attached hydrogens (tertiary/aromatic N) is 1. The van der Waals surface area contributed by atoms with E-state index in [2.05, 4.69) is 18.1 Å². The van der Waals surface area contributed by atoms with Gasteiger partial charge in [-0.2, -0.15) is 0 Å². The standard InChI is InChI=1S/C18H23NO2/c1-18-9-8-14-13-5-3-12(20)10-11(13)2-4-15(14)16(18)6-7-17(18)19-21/h3,5,10,14-16,20-21H,2,4,6-9H2,1H3/b19-17-/t14-,15-,16-,18-/m0/s1. The highest BCUT2D eigenvalue weighted by Gasteiger charge is 2.53. The Morgan fingerprint density at radius 1 is 1.19 bits per heavy atom. The number of fused-ring (bicyclic) bond motifs is 5. The van der Waals surface area contributed by atoms with Gasteiger partial charge in [-0.15, -0.1) is 0 Å². The van der Waals surface area contributed by atoms with Crippen LogP contribution in [-0.2, 0) is 6.42 Å². The summed E-state index contributed by atoms with van der Waals surface area (Å²) in [4.78, 5) is 0. The Kier molecular flexibility index (Phi) is 2.82. The zero-order valence-corrected chi connectivity index (χ0v) is 12.5. The quantitative estimate of drug-likeness (QED) is 0.557. The smallest absolute Gasteiger partial charge is 0.115 e. The van der Waals surface area contributed by atoms with Crippen LogP contribution >= 0.6 is 0 Å². The van der Waals surface area contributed by atoms with Crippen LogP contribution in [-0.4, -0.2) is 16.0 Å². The van der Waals surface area contributed by atoms with E-state index < -0.39 is 0 Å². The molecule has 2 N–H and O–H groups in total. The molecular weight excluding hydrogens is 262 g/mol. The molecule has 3 aliphatic rings. The molecule has 0 amide bonds. The Morgan fingerprint density at radius 2 is 2.05 bits per heavy atom. The molecule has 4 atom stereocenters. The maximum Gasteiger partial charge on any atom is 0.115 e. The number of aromatic hydroxyl groups is 1. The molecule has 112 valence electrons. The van der Waals surface area contributed by atoms with Gasteiger partial charge < -0.3 is 10.3 Å². The second-order valence-electron chi connectivity index (χ2n) is 7.34. The Morgan fingerprint density at radius 3 is 2.86 bits per heavy atom. The minimum absolute atomic E-state index is 0.115. The van der Waals surface area contributed by atoms with Crippen LogP contribution in [0.25, 0.3) is 0 Å². The monoisotopic (exact) mass is 285 g/mol. The Hall–Kier alpha value is -1.51. The zero-order chi connectivity index (χ0) is 14.6. The number of aryl methyl sites for hydroxylation is 1. The van der Waals surface area contributed by atoms with Crippen molar-refractivity contribution in [2.45, 2.75) is 51.4 Å². The van der Waals surface area contributed by atoms with Crippen molar-refractivity contribution < 1.29 is 10.3 Å². The van der Waals surface area contributed by atoms with Crippen LogP contribution < -0.4 is 0 Å². The Bertz CT molecular complexity index is 609. The van der Waals surface area contributed by atoms with E-state index in [1.54, 1.807) is 0 Å². The lowest BCUT2D eigenvalue weighted by Gasteiger charge is -2.48. The molecule has 3 nitrogen and oxygen atoms in total. The van der Waals surface area contributed by atoms with Gasteiger partial charge in [0.1, 0.15) is 5.75 Å². The fraction of sp³-hybridized carbons (Fsp3) is 0.611. The largest absolute Gasteiger partial charge is 0.508 e. The van der Waals surface area contributed by atoms with E-state index in [4.69, 9.17) is 0 Å². The lowest BCUT2D eigenvalue weighted by atomic mass is 9.55. The normalized spacial score (nSPS) is 39.7. The first-order valence-corrected chi connectivity index (χ1v) is 8.16. The van der Waals surface area contributed by atoms with E-state index in [9.17, 15) is 10.3 Å². The molecule has 0 unspecified atom stereocenters. The Labute approximate surface area is 125 Å². The number of phenols is 1. The highest BCUT2D eigenvalue weighted by Crippen LogP contribution is 2.59. The van der Waals surface area contributed by atoms with Crippen LogP contribution in [0.3, 0.4) is 0 Å². The van der Waals surface area contributed by atoms with E-state index in [1.165, 1.54) is 30.4 Å². The Balaban J connectivity index is 1.72. The average Bonchev–Trinajstić information content (AvgIpc) is 2.83. The van der Waals surface area contributed by atoms with Crippen molar-refractivity contribution >= 4 is 5.71 Å². The third-order valence-electron chi connectivity index (χ3n) is 6.57. The van der Waals surface area contributed by atoms with E-state index in [0.717, 1.165) is 25.0 Å². The van der Waals surface area contributed by atoms with Gasteiger partial charge in [-0.25, -0.2) is 0 Å². The summed E-state index contributed by atoms with van der Waals surface area (Å²) in [6.07, 6.45) is 6.71. The van der Waals surface area contributed by atoms with E-state index in [-0.39, 0.29) is 5.41 Å². The SMILES string of the molecule is C[C@]12CC[C@H]3c4ccc(O)cc4CC[C@@H]3[C@@H]1CC/C2=N/O. The minimum atomic E-state index is 0.115. The maximum atomic E-state index is 9.70. The van der Waals surface area contributed by atoms with Crippen LogP contribution in [0.5, 0.6) is 5.75 Å². The van der Waals surface area contributed by atoms with Crippen LogP contribution in [0.4, 0.5) is 0 Å². The summed E-state index contributed by atoms with van der Waals surface area (Å²) in [6, 6.07) is 5.93. The number of hydrogen-bond donors (Lipinski definition) is 2. The molecule has 3 aliphatic carbocycles. The van der Waals surface area contributed by atoms with E-state index in [1.807, 2.05) is 12.1 Å². The molecular formula is C18H23NO2. The molecule has 1 aromatic rings. The second kappa shape index (κ2) is 4.49. The maximum absolute atomic E-state index is 9.70. The van der Waals surface area contributed by atoms with Crippen LogP contribution in [0.2, 0.25) is 0 Å². The molecule has 21 heavy (non-hydrogen) atoms. The van der Waals surface area contributed by atoms with Gasteiger partial charge in [0.15, 0.2) is 0 Å². The molecule has 0 aromatic heterocycles. The van der Waals surface area contributed by atoms with Gasteiger partial charge in [0.2, 0.25) is 0 Å². The molecule has 0 aliphatic heterocycles. The minimum Gasteiger partial charge on any atom is -0.508 e. The first-order valence-electron chi connectivity index (χ1n) is 8.16. The van der Waals surface area contributed by atoms with E-state index >= 15 is 0 Å². The van der Waals surface area contributed by atoms with Crippen LogP contribution in [0, 0.1) is 17.3 Å². The topological polar surface area (TPSA) is 52.8 Å². The van der Waals surface area contributed by atoms with Crippen molar-refractivity contribution in [1.82, 2.24) is 0 Å². The summed E-state index contributed by atoms with van der Waals surface area (Å²) in [7, 11) is 0. The predicted octanol–water partition coefficient (Wildman–Crippen LogP) is 4.08. The fourth-order valence-corrected chi connectivity index (χ4v) is 5.52. The third kappa shape index (κ3) is 1.76. The van der Waals surface area contributed by atoms with Gasteiger partial charge in [-0.3, -0.25) is 0 Å². The number of oxime groups is 1. The van der Waals surface area contributed by atoms with Gasteiger partial charge in [-0.1, -0.05) is 18.1 Å². The lowest BCUT2D eigenvalue weighted by molar-refractivity contribution is 0.0938. The summed E-state index contributed by atoms with van der Waals surface area (Å²) in [5.41, 5.74) is 3.95. The van der Waals surface area contributed by atoms with Crippen molar-refractivity contribution in [2.24, 2.45) is 22.4 Å². The fourth-order valence-electron chi connectivity index (χ4n) is 5.52. The van der Waals surface area contributed by atoms with Crippen molar-refractivity contribution in [3.8, 4) is 5.75 Å². The molecule has 2 fully saturated rings. The summed E-state index contributed by atoms with van der Waals surface area (Å²) in [5, 5.41) is 22.6. The average molecular weight is 285 g/mol. The van der Waals surface area contributed by atoms with Gasteiger partial charge in [0, 0.05) is 5.41 Å². The molecule has 4 rings (SSSR count).